The number of nitrogens with zero attached hydrogens (tertiary/aromatic N) is 3. The van der Waals surface area contributed by atoms with Crippen LogP contribution in [0.25, 0.3) is 10.8 Å². The Morgan fingerprint density at radius 1 is 0.975 bits per heavy atom. The Kier molecular flexibility index (Phi) is 7.12. The van der Waals surface area contributed by atoms with E-state index < -0.39 is 30.2 Å². The topological polar surface area (TPSA) is 135 Å². The van der Waals surface area contributed by atoms with Gasteiger partial charge in [0, 0.05) is 17.0 Å². The van der Waals surface area contributed by atoms with Crippen LogP contribution in [0.1, 0.15) is 49.2 Å². The molecule has 2 aliphatic rings. The van der Waals surface area contributed by atoms with Gasteiger partial charge in [-0.05, 0) is 74.0 Å². The summed E-state index contributed by atoms with van der Waals surface area (Å²) in [5, 5.41) is 16.2. The summed E-state index contributed by atoms with van der Waals surface area (Å²) in [5.41, 5.74) is 2.15. The standard InChI is InChI=1S/C29H27N3O8/c1-4-38-28(36)25-24-21-12-6-18(27(34)35)15-17(21)7-13-22(24)40-26(29(37)39-5-2)31(25)19-8-10-20(11-9-19)32-23(33)14-16(3)30-32/h6-13,15,25-26H,4-5,14H2,1-3H3,(H,34,35)/t25?,26-/m0/s1. The van der Waals surface area contributed by atoms with E-state index in [0.717, 1.165) is 0 Å². The van der Waals surface area contributed by atoms with E-state index in [-0.39, 0.29) is 36.9 Å². The van der Waals surface area contributed by atoms with Gasteiger partial charge in [0.1, 0.15) is 5.75 Å². The van der Waals surface area contributed by atoms with Gasteiger partial charge in [-0.25, -0.2) is 19.4 Å². The summed E-state index contributed by atoms with van der Waals surface area (Å²) in [5.74, 6) is -2.32. The summed E-state index contributed by atoms with van der Waals surface area (Å²) in [6.45, 7) is 5.29. The molecule has 0 aliphatic carbocycles. The van der Waals surface area contributed by atoms with E-state index in [2.05, 4.69) is 5.10 Å². The van der Waals surface area contributed by atoms with Gasteiger partial charge in [-0.3, -0.25) is 4.79 Å². The molecule has 0 spiro atoms. The first-order chi connectivity index (χ1) is 19.2. The lowest BCUT2D eigenvalue weighted by atomic mass is 9.93. The Hall–Kier alpha value is -4.93. The number of aromatic carboxylic acids is 1. The fourth-order valence-electron chi connectivity index (χ4n) is 4.94. The van der Waals surface area contributed by atoms with E-state index in [9.17, 15) is 24.3 Å². The monoisotopic (exact) mass is 545 g/mol. The Bertz CT molecular complexity index is 1550. The van der Waals surface area contributed by atoms with Crippen LogP contribution in [0.4, 0.5) is 11.4 Å². The second-order valence-corrected chi connectivity index (χ2v) is 9.24. The second kappa shape index (κ2) is 10.7. The largest absolute Gasteiger partial charge is 0.478 e. The molecule has 0 saturated heterocycles. The minimum Gasteiger partial charge on any atom is -0.478 e. The van der Waals surface area contributed by atoms with Crippen LogP contribution in [0.3, 0.4) is 0 Å². The zero-order valence-electron chi connectivity index (χ0n) is 22.1. The lowest BCUT2D eigenvalue weighted by Gasteiger charge is -2.42. The summed E-state index contributed by atoms with van der Waals surface area (Å²) < 4.78 is 16.9. The lowest BCUT2D eigenvalue weighted by Crippen LogP contribution is -2.53. The zero-order chi connectivity index (χ0) is 28.6. The van der Waals surface area contributed by atoms with E-state index in [4.69, 9.17) is 14.2 Å². The maximum atomic E-state index is 13.6. The molecule has 3 aromatic rings. The molecular formula is C29H27N3O8. The Balaban J connectivity index is 1.68. The van der Waals surface area contributed by atoms with Gasteiger partial charge in [-0.1, -0.05) is 12.1 Å². The van der Waals surface area contributed by atoms with Crippen molar-refractivity contribution in [1.82, 2.24) is 0 Å². The predicted octanol–water partition coefficient (Wildman–Crippen LogP) is 4.04. The third-order valence-electron chi connectivity index (χ3n) is 6.62. The number of carboxylic acid groups (broad SMARTS) is 1. The fourth-order valence-corrected chi connectivity index (χ4v) is 4.94. The van der Waals surface area contributed by atoms with Crippen LogP contribution in [0, 0.1) is 0 Å². The molecule has 2 aliphatic heterocycles. The van der Waals surface area contributed by atoms with Gasteiger partial charge < -0.3 is 24.2 Å². The number of carbonyl (C=O) groups is 4. The maximum Gasteiger partial charge on any atom is 0.369 e. The summed E-state index contributed by atoms with van der Waals surface area (Å²) in [7, 11) is 0. The molecule has 5 rings (SSSR count). The van der Waals surface area contributed by atoms with Gasteiger partial charge in [-0.2, -0.15) is 5.10 Å². The van der Waals surface area contributed by atoms with E-state index >= 15 is 0 Å². The first-order valence-electron chi connectivity index (χ1n) is 12.8. The van der Waals surface area contributed by atoms with Gasteiger partial charge in [-0.15, -0.1) is 0 Å². The third kappa shape index (κ3) is 4.70. The molecular weight excluding hydrogens is 518 g/mol. The van der Waals surface area contributed by atoms with Crippen LogP contribution < -0.4 is 14.6 Å². The van der Waals surface area contributed by atoms with Gasteiger partial charge in [0.05, 0.1) is 30.9 Å². The number of hydrazone groups is 1. The van der Waals surface area contributed by atoms with Gasteiger partial charge in [0.2, 0.25) is 0 Å². The number of hydrogen-bond donors (Lipinski definition) is 1. The van der Waals surface area contributed by atoms with Crippen molar-refractivity contribution in [3.8, 4) is 5.75 Å². The highest BCUT2D eigenvalue weighted by Crippen LogP contribution is 2.45. The molecule has 11 nitrogen and oxygen atoms in total. The van der Waals surface area contributed by atoms with Crippen molar-refractivity contribution in [3.05, 3.63) is 65.7 Å². The highest BCUT2D eigenvalue weighted by Gasteiger charge is 2.46. The summed E-state index contributed by atoms with van der Waals surface area (Å²) in [6, 6.07) is 13.3. The number of amides is 1. The van der Waals surface area contributed by atoms with Crippen LogP contribution >= 0.6 is 0 Å². The number of esters is 2. The molecule has 2 heterocycles. The molecule has 0 radical (unpaired) electrons. The van der Waals surface area contributed by atoms with Crippen molar-refractivity contribution >= 4 is 51.7 Å². The summed E-state index contributed by atoms with van der Waals surface area (Å²) >= 11 is 0. The van der Waals surface area contributed by atoms with Crippen molar-refractivity contribution in [2.24, 2.45) is 5.10 Å². The molecule has 1 N–H and O–H groups in total. The van der Waals surface area contributed by atoms with E-state index in [1.165, 1.54) is 22.0 Å². The van der Waals surface area contributed by atoms with Gasteiger partial charge in [0.25, 0.3) is 12.1 Å². The number of hydrogen-bond acceptors (Lipinski definition) is 9. The Morgan fingerprint density at radius 2 is 1.65 bits per heavy atom. The number of benzene rings is 3. The minimum absolute atomic E-state index is 0.0862. The summed E-state index contributed by atoms with van der Waals surface area (Å²) in [6.07, 6.45) is -1.11. The number of carbonyl (C=O) groups excluding carboxylic acids is 3. The molecule has 1 unspecified atom stereocenters. The minimum atomic E-state index is -1.34. The average Bonchev–Trinajstić information content (AvgIpc) is 3.29. The molecule has 11 heteroatoms. The van der Waals surface area contributed by atoms with Crippen LogP contribution in [-0.4, -0.2) is 54.1 Å². The van der Waals surface area contributed by atoms with Crippen LogP contribution in [0.2, 0.25) is 0 Å². The van der Waals surface area contributed by atoms with E-state index in [1.807, 2.05) is 0 Å². The number of rotatable bonds is 7. The molecule has 0 saturated carbocycles. The molecule has 0 fully saturated rings. The van der Waals surface area contributed by atoms with Gasteiger partial charge in [0.15, 0.2) is 6.04 Å². The fraction of sp³-hybridized carbons (Fsp3) is 0.276. The molecule has 3 aromatic carbocycles. The lowest BCUT2D eigenvalue weighted by molar-refractivity contribution is -0.154. The Morgan fingerprint density at radius 3 is 2.27 bits per heavy atom. The first-order valence-corrected chi connectivity index (χ1v) is 12.8. The van der Waals surface area contributed by atoms with Crippen molar-refractivity contribution in [1.29, 1.82) is 0 Å². The highest BCUT2D eigenvalue weighted by atomic mass is 16.6. The van der Waals surface area contributed by atoms with Crippen LogP contribution in [0.5, 0.6) is 5.75 Å². The van der Waals surface area contributed by atoms with Crippen molar-refractivity contribution < 1.29 is 38.5 Å². The smallest absolute Gasteiger partial charge is 0.369 e. The predicted molar refractivity (Wildman–Crippen MR) is 145 cm³/mol. The third-order valence-corrected chi connectivity index (χ3v) is 6.62. The molecule has 0 bridgehead atoms. The number of fused-ring (bicyclic) bond motifs is 3. The number of carboxylic acids is 1. The normalized spacial score (nSPS) is 18.2. The quantitative estimate of drug-likeness (QED) is 0.436. The summed E-state index contributed by atoms with van der Waals surface area (Å²) in [4.78, 5) is 52.2. The molecule has 206 valence electrons. The molecule has 1 amide bonds. The van der Waals surface area contributed by atoms with Crippen molar-refractivity contribution in [3.63, 3.8) is 0 Å². The van der Waals surface area contributed by atoms with Crippen molar-refractivity contribution in [2.75, 3.05) is 23.1 Å². The molecule has 2 atom stereocenters. The zero-order valence-corrected chi connectivity index (χ0v) is 22.1. The van der Waals surface area contributed by atoms with E-state index in [1.54, 1.807) is 63.2 Å². The first kappa shape index (κ1) is 26.7. The Labute approximate surface area is 229 Å². The van der Waals surface area contributed by atoms with Crippen LogP contribution in [-0.2, 0) is 23.9 Å². The number of anilines is 2. The second-order valence-electron chi connectivity index (χ2n) is 9.24. The van der Waals surface area contributed by atoms with Crippen LogP contribution in [0.15, 0.2) is 59.7 Å². The van der Waals surface area contributed by atoms with Gasteiger partial charge >= 0.3 is 17.9 Å². The highest BCUT2D eigenvalue weighted by molar-refractivity contribution is 6.12. The maximum absolute atomic E-state index is 13.6. The van der Waals surface area contributed by atoms with Crippen molar-refractivity contribution in [2.45, 2.75) is 39.5 Å². The SMILES string of the molecule is CCOC(=O)C1c2c(ccc3cc(C(=O)O)ccc23)O[C@@H](C(=O)OCC)N1c1ccc(N2N=C(C)CC2=O)cc1. The van der Waals surface area contributed by atoms with E-state index in [0.29, 0.717) is 33.4 Å². The molecule has 0 aromatic heterocycles. The molecule has 40 heavy (non-hydrogen) atoms. The average molecular weight is 546 g/mol. The number of ether oxygens (including phenoxy) is 3.